The molecule has 1 N–H and O–H groups in total. The van der Waals surface area contributed by atoms with Crippen LogP contribution < -0.4 is 5.32 Å². The van der Waals surface area contributed by atoms with Crippen molar-refractivity contribution in [2.24, 2.45) is 0 Å². The summed E-state index contributed by atoms with van der Waals surface area (Å²) in [6.45, 7) is 0. The molecule has 0 saturated heterocycles. The van der Waals surface area contributed by atoms with Crippen LogP contribution in [0.4, 0.5) is 18.9 Å². The molecule has 0 heterocycles. The van der Waals surface area contributed by atoms with E-state index in [1.807, 2.05) is 0 Å². The number of benzene rings is 3. The summed E-state index contributed by atoms with van der Waals surface area (Å²) >= 11 is 11.4. The smallest absolute Gasteiger partial charge is 0.417 e. The van der Waals surface area contributed by atoms with Crippen molar-refractivity contribution < 1.29 is 32.3 Å². The number of carbonyl (C=O) groups excluding carboxylic acids is 3. The molecule has 1 amide bonds. The molecule has 182 valence electrons. The minimum Gasteiger partial charge on any atom is -0.447 e. The minimum absolute atomic E-state index is 0.171. The molecular formula is C25H18Cl2F3NO4. The molecule has 35 heavy (non-hydrogen) atoms. The lowest BCUT2D eigenvalue weighted by molar-refractivity contribution is -0.154. The molecule has 0 spiro atoms. The van der Waals surface area contributed by atoms with Gasteiger partial charge in [-0.1, -0.05) is 53.5 Å². The SMILES string of the molecule is O=C(CCC(=O)c1ccc(Cl)cc1)OC(C(=O)Nc1ccc(Cl)c(C(F)(F)F)c1)c1ccccc1. The lowest BCUT2D eigenvalue weighted by Gasteiger charge is -2.19. The zero-order valence-corrected chi connectivity index (χ0v) is 19.5. The third-order valence-corrected chi connectivity index (χ3v) is 5.43. The molecule has 0 aliphatic rings. The number of anilines is 1. The molecule has 1 atom stereocenters. The summed E-state index contributed by atoms with van der Waals surface area (Å²) in [7, 11) is 0. The molecule has 0 fully saturated rings. The van der Waals surface area contributed by atoms with Crippen LogP contribution in [0.15, 0.2) is 72.8 Å². The van der Waals surface area contributed by atoms with Gasteiger partial charge >= 0.3 is 12.1 Å². The van der Waals surface area contributed by atoms with Gasteiger partial charge in [-0.15, -0.1) is 0 Å². The zero-order valence-electron chi connectivity index (χ0n) is 17.9. The monoisotopic (exact) mass is 523 g/mol. The summed E-state index contributed by atoms with van der Waals surface area (Å²) in [5, 5.41) is 2.26. The predicted octanol–water partition coefficient (Wildman–Crippen LogP) is 6.90. The van der Waals surface area contributed by atoms with Gasteiger partial charge in [0.1, 0.15) is 0 Å². The van der Waals surface area contributed by atoms with E-state index >= 15 is 0 Å². The van der Waals surface area contributed by atoms with Crippen molar-refractivity contribution in [2.75, 3.05) is 5.32 Å². The number of hydrogen-bond donors (Lipinski definition) is 1. The molecule has 0 aliphatic heterocycles. The first kappa shape index (κ1) is 26.2. The van der Waals surface area contributed by atoms with E-state index in [4.69, 9.17) is 27.9 Å². The Morgan fingerprint density at radius 3 is 2.17 bits per heavy atom. The summed E-state index contributed by atoms with van der Waals surface area (Å²) in [6, 6.07) is 17.0. The minimum atomic E-state index is -4.72. The number of ether oxygens (including phenoxy) is 1. The van der Waals surface area contributed by atoms with Crippen molar-refractivity contribution in [1.82, 2.24) is 0 Å². The summed E-state index contributed by atoms with van der Waals surface area (Å²) in [5.41, 5.74) is -0.636. The lowest BCUT2D eigenvalue weighted by Crippen LogP contribution is -2.26. The van der Waals surface area contributed by atoms with Gasteiger partial charge in [0.15, 0.2) is 5.78 Å². The van der Waals surface area contributed by atoms with E-state index < -0.39 is 34.7 Å². The molecule has 3 aromatic carbocycles. The van der Waals surface area contributed by atoms with Crippen LogP contribution in [0, 0.1) is 0 Å². The van der Waals surface area contributed by atoms with Crippen LogP contribution in [-0.2, 0) is 20.5 Å². The Labute approximate surface area is 208 Å². The Kier molecular flexibility index (Phi) is 8.53. The van der Waals surface area contributed by atoms with Crippen LogP contribution in [0.5, 0.6) is 0 Å². The molecule has 0 aliphatic carbocycles. The highest BCUT2D eigenvalue weighted by Gasteiger charge is 2.34. The highest BCUT2D eigenvalue weighted by molar-refractivity contribution is 6.31. The van der Waals surface area contributed by atoms with Crippen LogP contribution >= 0.6 is 23.2 Å². The second kappa shape index (κ2) is 11.4. The summed E-state index contributed by atoms with van der Waals surface area (Å²) < 4.78 is 44.8. The fourth-order valence-electron chi connectivity index (χ4n) is 3.11. The van der Waals surface area contributed by atoms with E-state index in [9.17, 15) is 27.6 Å². The van der Waals surface area contributed by atoms with Crippen LogP contribution in [0.25, 0.3) is 0 Å². The number of carbonyl (C=O) groups is 3. The second-order valence-corrected chi connectivity index (χ2v) is 8.24. The molecule has 10 heteroatoms. The molecule has 5 nitrogen and oxygen atoms in total. The van der Waals surface area contributed by atoms with Crippen molar-refractivity contribution in [2.45, 2.75) is 25.1 Å². The van der Waals surface area contributed by atoms with Gasteiger partial charge in [-0.3, -0.25) is 14.4 Å². The second-order valence-electron chi connectivity index (χ2n) is 7.39. The fourth-order valence-corrected chi connectivity index (χ4v) is 3.47. The topological polar surface area (TPSA) is 72.5 Å². The Morgan fingerprint density at radius 2 is 1.54 bits per heavy atom. The lowest BCUT2D eigenvalue weighted by atomic mass is 10.1. The van der Waals surface area contributed by atoms with Crippen molar-refractivity contribution in [1.29, 1.82) is 0 Å². The quantitative estimate of drug-likeness (QED) is 0.257. The van der Waals surface area contributed by atoms with Gasteiger partial charge < -0.3 is 10.1 Å². The molecule has 0 bridgehead atoms. The maximum Gasteiger partial charge on any atom is 0.417 e. The third kappa shape index (κ3) is 7.31. The summed E-state index contributed by atoms with van der Waals surface area (Å²) in [4.78, 5) is 37.7. The molecule has 3 aromatic rings. The highest BCUT2D eigenvalue weighted by Crippen LogP contribution is 2.36. The fraction of sp³-hybridized carbons (Fsp3) is 0.160. The molecule has 1 unspecified atom stereocenters. The number of Topliss-reactive ketones (excluding diaryl/α,β-unsaturated/α-hetero) is 1. The van der Waals surface area contributed by atoms with Crippen LogP contribution in [0.3, 0.4) is 0 Å². The van der Waals surface area contributed by atoms with E-state index in [-0.39, 0.29) is 24.3 Å². The number of alkyl halides is 3. The first-order valence-corrected chi connectivity index (χ1v) is 11.0. The normalized spacial score (nSPS) is 12.0. The van der Waals surface area contributed by atoms with Crippen molar-refractivity contribution >= 4 is 46.5 Å². The average molecular weight is 524 g/mol. The number of hydrogen-bond acceptors (Lipinski definition) is 4. The summed E-state index contributed by atoms with van der Waals surface area (Å²) in [6.07, 6.45) is -6.66. The van der Waals surface area contributed by atoms with E-state index in [2.05, 4.69) is 5.32 Å². The third-order valence-electron chi connectivity index (χ3n) is 4.85. The highest BCUT2D eigenvalue weighted by atomic mass is 35.5. The maximum absolute atomic E-state index is 13.2. The van der Waals surface area contributed by atoms with Gasteiger partial charge in [-0.25, -0.2) is 0 Å². The Hall–Kier alpha value is -3.36. The molecule has 0 saturated carbocycles. The van der Waals surface area contributed by atoms with Gasteiger partial charge in [0.25, 0.3) is 5.91 Å². The number of halogens is 5. The van der Waals surface area contributed by atoms with Crippen LogP contribution in [0.2, 0.25) is 10.0 Å². The Bertz CT molecular complexity index is 1220. The average Bonchev–Trinajstić information content (AvgIpc) is 2.82. The van der Waals surface area contributed by atoms with E-state index in [0.29, 0.717) is 22.2 Å². The van der Waals surface area contributed by atoms with Crippen molar-refractivity contribution in [3.05, 3.63) is 99.5 Å². The van der Waals surface area contributed by atoms with Gasteiger partial charge in [0, 0.05) is 28.3 Å². The van der Waals surface area contributed by atoms with E-state index in [1.165, 1.54) is 30.3 Å². The standard InChI is InChI=1S/C25H18Cl2F3NO4/c26-17-8-6-15(7-9-17)21(32)12-13-22(33)35-23(16-4-2-1-3-5-16)24(34)31-18-10-11-20(27)19(14-18)25(28,29)30/h1-11,14,23H,12-13H2,(H,31,34). The van der Waals surface area contributed by atoms with E-state index in [0.717, 1.165) is 6.07 Å². The Balaban J connectivity index is 1.72. The largest absolute Gasteiger partial charge is 0.447 e. The first-order valence-electron chi connectivity index (χ1n) is 10.3. The van der Waals surface area contributed by atoms with Crippen molar-refractivity contribution in [3.63, 3.8) is 0 Å². The van der Waals surface area contributed by atoms with Gasteiger partial charge in [-0.05, 0) is 42.5 Å². The molecule has 0 aromatic heterocycles. The maximum atomic E-state index is 13.2. The van der Waals surface area contributed by atoms with Crippen LogP contribution in [0.1, 0.15) is 40.4 Å². The predicted molar refractivity (Wildman–Crippen MR) is 125 cm³/mol. The van der Waals surface area contributed by atoms with Crippen LogP contribution in [-0.4, -0.2) is 17.7 Å². The first-order chi connectivity index (χ1) is 16.5. The number of rotatable bonds is 8. The number of nitrogens with one attached hydrogen (secondary N) is 1. The zero-order chi connectivity index (χ0) is 25.6. The number of esters is 1. The number of amides is 1. The van der Waals surface area contributed by atoms with Gasteiger partial charge in [0.2, 0.25) is 6.10 Å². The molecule has 3 rings (SSSR count). The number of ketones is 1. The van der Waals surface area contributed by atoms with Gasteiger partial charge in [-0.2, -0.15) is 13.2 Å². The Morgan fingerprint density at radius 1 is 0.886 bits per heavy atom. The molecule has 0 radical (unpaired) electrons. The van der Waals surface area contributed by atoms with E-state index in [1.54, 1.807) is 30.3 Å². The van der Waals surface area contributed by atoms with Crippen molar-refractivity contribution in [3.8, 4) is 0 Å². The summed E-state index contributed by atoms with van der Waals surface area (Å²) in [5.74, 6) is -2.02. The van der Waals surface area contributed by atoms with Gasteiger partial charge in [0.05, 0.1) is 17.0 Å². The molecular weight excluding hydrogens is 506 g/mol.